The van der Waals surface area contributed by atoms with Gasteiger partial charge in [-0.2, -0.15) is 0 Å². The second-order valence-corrected chi connectivity index (χ2v) is 7.05. The first kappa shape index (κ1) is 15.1. The Morgan fingerprint density at radius 3 is 2.52 bits per heavy atom. The lowest BCUT2D eigenvalue weighted by molar-refractivity contribution is 0.116. The van der Waals surface area contributed by atoms with Gasteiger partial charge in [0.1, 0.15) is 0 Å². The summed E-state index contributed by atoms with van der Waals surface area (Å²) in [5.41, 5.74) is 1.48. The third-order valence-electron chi connectivity index (χ3n) is 5.32. The zero-order chi connectivity index (χ0) is 14.5. The molecule has 2 fully saturated rings. The quantitative estimate of drug-likeness (QED) is 0.804. The van der Waals surface area contributed by atoms with E-state index in [0.29, 0.717) is 6.04 Å². The van der Waals surface area contributed by atoms with Crippen molar-refractivity contribution in [2.24, 2.45) is 11.8 Å². The molecule has 2 nitrogen and oxygen atoms in total. The zero-order valence-corrected chi connectivity index (χ0v) is 13.0. The van der Waals surface area contributed by atoms with E-state index in [1.54, 1.807) is 0 Å². The van der Waals surface area contributed by atoms with Gasteiger partial charge in [0.2, 0.25) is 0 Å². The number of hydrogen-bond donors (Lipinski definition) is 2. The molecule has 0 spiro atoms. The van der Waals surface area contributed by atoms with Crippen LogP contribution in [0.2, 0.25) is 0 Å². The predicted molar refractivity (Wildman–Crippen MR) is 87.2 cm³/mol. The lowest BCUT2D eigenvalue weighted by atomic mass is 9.93. The fourth-order valence-corrected chi connectivity index (χ4v) is 3.72. The van der Waals surface area contributed by atoms with Crippen molar-refractivity contribution in [3.05, 3.63) is 35.9 Å². The molecule has 116 valence electrons. The molecule has 2 saturated carbocycles. The molecular weight excluding hydrogens is 258 g/mol. The van der Waals surface area contributed by atoms with E-state index in [9.17, 15) is 5.11 Å². The molecule has 0 heterocycles. The van der Waals surface area contributed by atoms with Crippen LogP contribution in [0.4, 0.5) is 0 Å². The van der Waals surface area contributed by atoms with E-state index < -0.39 is 0 Å². The molecule has 2 aliphatic rings. The van der Waals surface area contributed by atoms with Crippen LogP contribution in [0, 0.1) is 11.8 Å². The topological polar surface area (TPSA) is 32.3 Å². The molecule has 2 aliphatic carbocycles. The van der Waals surface area contributed by atoms with E-state index in [2.05, 4.69) is 35.6 Å². The summed E-state index contributed by atoms with van der Waals surface area (Å²) in [6, 6.07) is 11.5. The molecule has 2 heteroatoms. The summed E-state index contributed by atoms with van der Waals surface area (Å²) in [4.78, 5) is 0. The molecule has 21 heavy (non-hydrogen) atoms. The standard InChI is InChI=1S/C19H29NO/c21-19-11-9-18(10-12-19)20-14-17-13-16(17)8-4-7-15-5-2-1-3-6-15/h1-3,5-6,16-21H,4,7-14H2. The van der Waals surface area contributed by atoms with Crippen LogP contribution in [0.3, 0.4) is 0 Å². The van der Waals surface area contributed by atoms with Crippen LogP contribution in [0.5, 0.6) is 0 Å². The number of rotatable bonds is 7. The Bertz CT molecular complexity index is 411. The Balaban J connectivity index is 1.25. The molecular formula is C19H29NO. The van der Waals surface area contributed by atoms with Crippen LogP contribution in [0.1, 0.15) is 50.5 Å². The average molecular weight is 287 g/mol. The first-order valence-corrected chi connectivity index (χ1v) is 8.76. The molecule has 0 saturated heterocycles. The van der Waals surface area contributed by atoms with Crippen LogP contribution >= 0.6 is 0 Å². The van der Waals surface area contributed by atoms with Gasteiger partial charge in [-0.1, -0.05) is 30.3 Å². The lowest BCUT2D eigenvalue weighted by Gasteiger charge is -2.26. The number of aliphatic hydroxyl groups is 1. The molecule has 1 aromatic rings. The van der Waals surface area contributed by atoms with Crippen molar-refractivity contribution in [2.45, 2.75) is 63.5 Å². The van der Waals surface area contributed by atoms with Crippen molar-refractivity contribution in [2.75, 3.05) is 6.54 Å². The van der Waals surface area contributed by atoms with Gasteiger partial charge < -0.3 is 10.4 Å². The lowest BCUT2D eigenvalue weighted by Crippen LogP contribution is -2.35. The minimum atomic E-state index is -0.0327. The summed E-state index contributed by atoms with van der Waals surface area (Å²) in [6.07, 6.45) is 9.65. The summed E-state index contributed by atoms with van der Waals surface area (Å²) in [7, 11) is 0. The molecule has 0 amide bonds. The van der Waals surface area contributed by atoms with E-state index in [1.807, 2.05) is 0 Å². The fourth-order valence-electron chi connectivity index (χ4n) is 3.72. The zero-order valence-electron chi connectivity index (χ0n) is 13.0. The van der Waals surface area contributed by atoms with Crippen LogP contribution in [-0.4, -0.2) is 23.8 Å². The van der Waals surface area contributed by atoms with Gasteiger partial charge in [0.05, 0.1) is 6.10 Å². The highest BCUT2D eigenvalue weighted by Gasteiger charge is 2.36. The maximum Gasteiger partial charge on any atom is 0.0541 e. The van der Waals surface area contributed by atoms with Gasteiger partial charge in [0.15, 0.2) is 0 Å². The first-order valence-electron chi connectivity index (χ1n) is 8.76. The van der Waals surface area contributed by atoms with Crippen molar-refractivity contribution in [1.82, 2.24) is 5.32 Å². The summed E-state index contributed by atoms with van der Waals surface area (Å²) in [6.45, 7) is 1.21. The van der Waals surface area contributed by atoms with Gasteiger partial charge in [0.25, 0.3) is 0 Å². The Morgan fingerprint density at radius 1 is 1.00 bits per heavy atom. The summed E-state index contributed by atoms with van der Waals surface area (Å²) >= 11 is 0. The summed E-state index contributed by atoms with van der Waals surface area (Å²) in [5.74, 6) is 1.89. The highest BCUT2D eigenvalue weighted by molar-refractivity contribution is 5.14. The number of hydrogen-bond acceptors (Lipinski definition) is 2. The van der Waals surface area contributed by atoms with E-state index in [4.69, 9.17) is 0 Å². The van der Waals surface area contributed by atoms with Crippen LogP contribution < -0.4 is 5.32 Å². The monoisotopic (exact) mass is 287 g/mol. The van der Waals surface area contributed by atoms with Crippen molar-refractivity contribution in [1.29, 1.82) is 0 Å². The SMILES string of the molecule is OC1CCC(NCC2CC2CCCc2ccccc2)CC1. The van der Waals surface area contributed by atoms with E-state index in [0.717, 1.165) is 37.5 Å². The van der Waals surface area contributed by atoms with Gasteiger partial charge in [-0.15, -0.1) is 0 Å². The third-order valence-corrected chi connectivity index (χ3v) is 5.32. The number of nitrogens with one attached hydrogen (secondary N) is 1. The van der Waals surface area contributed by atoms with Gasteiger partial charge in [-0.3, -0.25) is 0 Å². The molecule has 2 unspecified atom stereocenters. The third kappa shape index (κ3) is 4.82. The van der Waals surface area contributed by atoms with Crippen molar-refractivity contribution < 1.29 is 5.11 Å². The maximum absolute atomic E-state index is 9.52. The van der Waals surface area contributed by atoms with Gasteiger partial charge in [0, 0.05) is 6.04 Å². The summed E-state index contributed by atoms with van der Waals surface area (Å²) < 4.78 is 0. The minimum absolute atomic E-state index is 0.0327. The fraction of sp³-hybridized carbons (Fsp3) is 0.684. The van der Waals surface area contributed by atoms with E-state index >= 15 is 0 Å². The Hall–Kier alpha value is -0.860. The van der Waals surface area contributed by atoms with Gasteiger partial charge in [-0.05, 0) is 75.3 Å². The average Bonchev–Trinajstić information content (AvgIpc) is 3.26. The first-order chi connectivity index (χ1) is 10.3. The maximum atomic E-state index is 9.52. The highest BCUT2D eigenvalue weighted by atomic mass is 16.3. The van der Waals surface area contributed by atoms with E-state index in [-0.39, 0.29) is 6.10 Å². The Kier molecular flexibility index (Phi) is 5.32. The van der Waals surface area contributed by atoms with Gasteiger partial charge >= 0.3 is 0 Å². The molecule has 0 aromatic heterocycles. The molecule has 0 radical (unpaired) electrons. The number of aliphatic hydroxyl groups excluding tert-OH is 1. The molecule has 2 N–H and O–H groups in total. The Morgan fingerprint density at radius 2 is 1.76 bits per heavy atom. The smallest absolute Gasteiger partial charge is 0.0541 e. The molecule has 1 aromatic carbocycles. The molecule has 0 bridgehead atoms. The minimum Gasteiger partial charge on any atom is -0.393 e. The number of benzene rings is 1. The molecule has 3 rings (SSSR count). The molecule has 0 aliphatic heterocycles. The van der Waals surface area contributed by atoms with Crippen molar-refractivity contribution >= 4 is 0 Å². The van der Waals surface area contributed by atoms with Crippen LogP contribution in [0.25, 0.3) is 0 Å². The summed E-state index contributed by atoms with van der Waals surface area (Å²) in [5, 5.41) is 13.3. The van der Waals surface area contributed by atoms with Crippen molar-refractivity contribution in [3.63, 3.8) is 0 Å². The second kappa shape index (κ2) is 7.42. The normalized spacial score (nSPS) is 32.0. The molecule has 2 atom stereocenters. The highest BCUT2D eigenvalue weighted by Crippen LogP contribution is 2.42. The Labute approximate surface area is 129 Å². The van der Waals surface area contributed by atoms with Crippen LogP contribution in [-0.2, 0) is 6.42 Å². The van der Waals surface area contributed by atoms with Crippen molar-refractivity contribution in [3.8, 4) is 0 Å². The van der Waals surface area contributed by atoms with Gasteiger partial charge in [-0.25, -0.2) is 0 Å². The van der Waals surface area contributed by atoms with E-state index in [1.165, 1.54) is 37.8 Å². The number of aryl methyl sites for hydroxylation is 1. The van der Waals surface area contributed by atoms with Crippen LogP contribution in [0.15, 0.2) is 30.3 Å². The predicted octanol–water partition coefficient (Wildman–Crippen LogP) is 3.54. The largest absolute Gasteiger partial charge is 0.393 e. The second-order valence-electron chi connectivity index (χ2n) is 7.05.